The molecule has 1 rings (SSSR count). The lowest BCUT2D eigenvalue weighted by atomic mass is 10.3. The molecule has 0 bridgehead atoms. The zero-order valence-corrected chi connectivity index (χ0v) is 11.1. The third-order valence-electron chi connectivity index (χ3n) is 2.18. The van der Waals surface area contributed by atoms with Crippen molar-refractivity contribution >= 4 is 33.1 Å². The van der Waals surface area contributed by atoms with E-state index in [4.69, 9.17) is 5.73 Å². The summed E-state index contributed by atoms with van der Waals surface area (Å²) in [6.45, 7) is 0.225. The Morgan fingerprint density at radius 3 is 2.59 bits per heavy atom. The number of thiocarbonyl (C=S) groups is 1. The Bertz CT molecular complexity index is 390. The minimum Gasteiger partial charge on any atom is -0.392 e. The normalized spacial score (nSPS) is 15.5. The second-order valence-corrected chi connectivity index (χ2v) is 6.40. The van der Waals surface area contributed by atoms with E-state index in [-0.39, 0.29) is 23.2 Å². The summed E-state index contributed by atoms with van der Waals surface area (Å²) in [4.78, 5) is 11.2. The van der Waals surface area contributed by atoms with Crippen molar-refractivity contribution in [3.63, 3.8) is 0 Å². The molecule has 0 aliphatic heterocycles. The first-order valence-corrected chi connectivity index (χ1v) is 7.50. The fourth-order valence-electron chi connectivity index (χ4n) is 1.24. The third kappa shape index (κ3) is 7.24. The molecule has 6 nitrogen and oxygen atoms in total. The predicted molar refractivity (Wildman–Crippen MR) is 69.0 cm³/mol. The van der Waals surface area contributed by atoms with Gasteiger partial charge in [0.25, 0.3) is 0 Å². The highest BCUT2D eigenvalue weighted by Crippen LogP contribution is 2.18. The van der Waals surface area contributed by atoms with Gasteiger partial charge in [0.15, 0.2) is 0 Å². The highest BCUT2D eigenvalue weighted by Gasteiger charge is 2.22. The van der Waals surface area contributed by atoms with E-state index in [1.54, 1.807) is 0 Å². The zero-order valence-electron chi connectivity index (χ0n) is 9.44. The van der Waals surface area contributed by atoms with Crippen LogP contribution in [0, 0.1) is 0 Å². The maximum atomic E-state index is 11.3. The second kappa shape index (κ2) is 6.27. The molecule has 0 heterocycles. The summed E-state index contributed by atoms with van der Waals surface area (Å²) in [6.07, 6.45) is 2.89. The highest BCUT2D eigenvalue weighted by atomic mass is 32.2. The minimum absolute atomic E-state index is 0.0268. The fourth-order valence-corrected chi connectivity index (χ4v) is 2.64. The smallest absolute Gasteiger partial charge is 0.220 e. The molecule has 0 unspecified atom stereocenters. The highest BCUT2D eigenvalue weighted by molar-refractivity contribution is 7.92. The minimum atomic E-state index is -3.44. The molecule has 0 saturated heterocycles. The van der Waals surface area contributed by atoms with Gasteiger partial charge in [-0.3, -0.25) is 4.79 Å². The lowest BCUT2D eigenvalue weighted by Gasteiger charge is -2.06. The van der Waals surface area contributed by atoms with Gasteiger partial charge in [0, 0.05) is 19.0 Å². The van der Waals surface area contributed by atoms with Crippen LogP contribution < -0.4 is 15.8 Å². The van der Waals surface area contributed by atoms with E-state index in [1.807, 2.05) is 0 Å². The average Bonchev–Trinajstić information content (AvgIpc) is 2.94. The number of hydrogen-bond donors (Lipinski definition) is 3. The maximum Gasteiger partial charge on any atom is 0.220 e. The van der Waals surface area contributed by atoms with Gasteiger partial charge in [-0.15, -0.1) is 0 Å². The fraction of sp³-hybridized carbons (Fsp3) is 0.778. The number of carbonyl (C=O) groups excluding carboxylic acids is 1. The van der Waals surface area contributed by atoms with Crippen LogP contribution in [0.2, 0.25) is 0 Å². The Morgan fingerprint density at radius 1 is 1.41 bits per heavy atom. The van der Waals surface area contributed by atoms with Crippen molar-refractivity contribution in [2.24, 2.45) is 5.73 Å². The lowest BCUT2D eigenvalue weighted by molar-refractivity contribution is -0.121. The second-order valence-electron chi connectivity index (χ2n) is 4.07. The number of rotatable bonds is 8. The molecule has 1 saturated carbocycles. The molecule has 1 aliphatic rings. The molecule has 1 amide bonds. The van der Waals surface area contributed by atoms with Gasteiger partial charge in [-0.1, -0.05) is 12.2 Å². The molecule has 0 radical (unpaired) electrons. The standard InChI is InChI=1S/C9H17N3O3S2/c10-8(16)6-17(14,15)11-5-1-2-9(13)12-7-3-4-7/h7,11H,1-6H2,(H2,10,16)(H,12,13). The molecule has 0 aromatic carbocycles. The van der Waals surface area contributed by atoms with Gasteiger partial charge in [0.05, 0.1) is 4.99 Å². The summed E-state index contributed by atoms with van der Waals surface area (Å²) in [5, 5.41) is 2.83. The van der Waals surface area contributed by atoms with E-state index in [9.17, 15) is 13.2 Å². The molecule has 0 aromatic rings. The molecule has 8 heteroatoms. The number of sulfonamides is 1. The van der Waals surface area contributed by atoms with Gasteiger partial charge >= 0.3 is 0 Å². The van der Waals surface area contributed by atoms with Crippen LogP contribution in [0.25, 0.3) is 0 Å². The van der Waals surface area contributed by atoms with Crippen LogP contribution in [0.4, 0.5) is 0 Å². The van der Waals surface area contributed by atoms with Gasteiger partial charge in [0.1, 0.15) is 5.75 Å². The van der Waals surface area contributed by atoms with Crippen molar-refractivity contribution in [3.8, 4) is 0 Å². The van der Waals surface area contributed by atoms with Crippen LogP contribution in [-0.2, 0) is 14.8 Å². The predicted octanol–water partition coefficient (Wildman–Crippen LogP) is -0.749. The molecule has 98 valence electrons. The molecular weight excluding hydrogens is 262 g/mol. The van der Waals surface area contributed by atoms with Gasteiger partial charge in [-0.25, -0.2) is 13.1 Å². The van der Waals surface area contributed by atoms with Gasteiger partial charge in [0.2, 0.25) is 15.9 Å². The van der Waals surface area contributed by atoms with Gasteiger partial charge < -0.3 is 11.1 Å². The number of nitrogens with two attached hydrogens (primary N) is 1. The van der Waals surface area contributed by atoms with E-state index in [2.05, 4.69) is 22.3 Å². The van der Waals surface area contributed by atoms with Crippen molar-refractivity contribution in [2.75, 3.05) is 12.3 Å². The molecule has 0 spiro atoms. The summed E-state index contributed by atoms with van der Waals surface area (Å²) in [5.41, 5.74) is 5.14. The van der Waals surface area contributed by atoms with E-state index in [0.29, 0.717) is 18.9 Å². The van der Waals surface area contributed by atoms with Crippen molar-refractivity contribution in [3.05, 3.63) is 0 Å². The molecule has 4 N–H and O–H groups in total. The Labute approximate surface area is 106 Å². The van der Waals surface area contributed by atoms with E-state index < -0.39 is 10.0 Å². The van der Waals surface area contributed by atoms with E-state index in [0.717, 1.165) is 12.8 Å². The van der Waals surface area contributed by atoms with Crippen LogP contribution in [-0.4, -0.2) is 37.7 Å². The van der Waals surface area contributed by atoms with Crippen LogP contribution in [0.3, 0.4) is 0 Å². The van der Waals surface area contributed by atoms with Crippen molar-refractivity contribution in [1.82, 2.24) is 10.0 Å². The van der Waals surface area contributed by atoms with Crippen molar-refractivity contribution in [1.29, 1.82) is 0 Å². The number of hydrogen-bond acceptors (Lipinski definition) is 4. The molecule has 0 atom stereocenters. The van der Waals surface area contributed by atoms with Gasteiger partial charge in [-0.2, -0.15) is 0 Å². The topological polar surface area (TPSA) is 101 Å². The number of nitrogens with one attached hydrogen (secondary N) is 2. The van der Waals surface area contributed by atoms with Gasteiger partial charge in [-0.05, 0) is 19.3 Å². The zero-order chi connectivity index (χ0) is 12.9. The molecule has 1 fully saturated rings. The summed E-state index contributed by atoms with van der Waals surface area (Å²) in [5.74, 6) is -0.377. The molecule has 17 heavy (non-hydrogen) atoms. The average molecular weight is 279 g/mol. The summed E-state index contributed by atoms with van der Waals surface area (Å²) in [6, 6.07) is 0.341. The Kier molecular flexibility index (Phi) is 5.29. The maximum absolute atomic E-state index is 11.3. The van der Waals surface area contributed by atoms with Crippen LogP contribution in [0.15, 0.2) is 0 Å². The molecule has 0 aromatic heterocycles. The Morgan fingerprint density at radius 2 is 2.06 bits per heavy atom. The Hall–Kier alpha value is -0.730. The Balaban J connectivity index is 2.10. The van der Waals surface area contributed by atoms with E-state index in [1.165, 1.54) is 0 Å². The van der Waals surface area contributed by atoms with Crippen LogP contribution in [0.5, 0.6) is 0 Å². The largest absolute Gasteiger partial charge is 0.392 e. The SMILES string of the molecule is NC(=S)CS(=O)(=O)NCCCC(=O)NC1CC1. The van der Waals surface area contributed by atoms with Crippen molar-refractivity contribution < 1.29 is 13.2 Å². The number of amides is 1. The molecule has 1 aliphatic carbocycles. The third-order valence-corrected chi connectivity index (χ3v) is 3.84. The first-order chi connectivity index (χ1) is 7.89. The van der Waals surface area contributed by atoms with E-state index >= 15 is 0 Å². The quantitative estimate of drug-likeness (QED) is 0.401. The number of carbonyl (C=O) groups is 1. The van der Waals surface area contributed by atoms with Crippen molar-refractivity contribution in [2.45, 2.75) is 31.7 Å². The summed E-state index contributed by atoms with van der Waals surface area (Å²) >= 11 is 4.51. The summed E-state index contributed by atoms with van der Waals surface area (Å²) in [7, 11) is -3.44. The first-order valence-electron chi connectivity index (χ1n) is 5.44. The first kappa shape index (κ1) is 14.3. The van der Waals surface area contributed by atoms with Crippen LogP contribution >= 0.6 is 12.2 Å². The molecular formula is C9H17N3O3S2. The summed E-state index contributed by atoms with van der Waals surface area (Å²) < 4.78 is 24.9. The monoisotopic (exact) mass is 279 g/mol. The van der Waals surface area contributed by atoms with Crippen LogP contribution in [0.1, 0.15) is 25.7 Å². The lowest BCUT2D eigenvalue weighted by Crippen LogP contribution is -2.33.